The first-order valence-corrected chi connectivity index (χ1v) is 4.65. The Hall–Kier alpha value is -0.0800. The van der Waals surface area contributed by atoms with E-state index in [0.29, 0.717) is 0 Å². The fourth-order valence-electron chi connectivity index (χ4n) is 1.49. The van der Waals surface area contributed by atoms with Gasteiger partial charge >= 0.3 is 0 Å². The van der Waals surface area contributed by atoms with Gasteiger partial charge in [0, 0.05) is 12.1 Å². The fraction of sp³-hybridized carbons (Fsp3) is 1.00. The standard InChI is InChI=1S/C9H17NO/c10-9(4-1-5-9)7-11-6-8-2-3-8/h8H,1-7,10H2. The van der Waals surface area contributed by atoms with Gasteiger partial charge in [0.1, 0.15) is 0 Å². The first kappa shape index (κ1) is 7.56. The third-order valence-electron chi connectivity index (χ3n) is 2.79. The van der Waals surface area contributed by atoms with Gasteiger partial charge in [-0.3, -0.25) is 0 Å². The first-order valence-electron chi connectivity index (χ1n) is 4.65. The smallest absolute Gasteiger partial charge is 0.0646 e. The van der Waals surface area contributed by atoms with Crippen LogP contribution in [0.25, 0.3) is 0 Å². The van der Waals surface area contributed by atoms with Crippen LogP contribution >= 0.6 is 0 Å². The molecular formula is C9H17NO. The van der Waals surface area contributed by atoms with E-state index in [2.05, 4.69) is 0 Å². The Morgan fingerprint density at radius 2 is 2.09 bits per heavy atom. The summed E-state index contributed by atoms with van der Waals surface area (Å²) in [6, 6.07) is 0. The molecule has 0 heterocycles. The highest BCUT2D eigenvalue weighted by atomic mass is 16.5. The molecule has 11 heavy (non-hydrogen) atoms. The van der Waals surface area contributed by atoms with E-state index in [-0.39, 0.29) is 5.54 Å². The highest BCUT2D eigenvalue weighted by molar-refractivity contribution is 4.92. The van der Waals surface area contributed by atoms with Gasteiger partial charge in [-0.2, -0.15) is 0 Å². The number of rotatable bonds is 4. The summed E-state index contributed by atoms with van der Waals surface area (Å²) in [6.07, 6.45) is 6.37. The Kier molecular flexibility index (Phi) is 1.90. The zero-order valence-electron chi connectivity index (χ0n) is 7.01. The quantitative estimate of drug-likeness (QED) is 0.664. The average molecular weight is 155 g/mol. The van der Waals surface area contributed by atoms with Crippen LogP contribution in [-0.4, -0.2) is 18.8 Å². The SMILES string of the molecule is NC1(COCC2CC2)CCC1. The second-order valence-corrected chi connectivity index (χ2v) is 4.17. The summed E-state index contributed by atoms with van der Waals surface area (Å²) in [7, 11) is 0. The Bertz CT molecular complexity index is 138. The monoisotopic (exact) mass is 155 g/mol. The van der Waals surface area contributed by atoms with Crippen LogP contribution in [0.3, 0.4) is 0 Å². The van der Waals surface area contributed by atoms with Crippen LogP contribution in [-0.2, 0) is 4.74 Å². The largest absolute Gasteiger partial charge is 0.379 e. The van der Waals surface area contributed by atoms with Gasteiger partial charge in [-0.05, 0) is 38.0 Å². The first-order chi connectivity index (χ1) is 5.29. The molecule has 2 saturated carbocycles. The lowest BCUT2D eigenvalue weighted by atomic mass is 9.78. The Balaban J connectivity index is 1.57. The Morgan fingerprint density at radius 1 is 1.36 bits per heavy atom. The zero-order valence-corrected chi connectivity index (χ0v) is 7.01. The molecule has 2 fully saturated rings. The van der Waals surface area contributed by atoms with Gasteiger partial charge in [0.15, 0.2) is 0 Å². The molecule has 0 spiro atoms. The predicted molar refractivity (Wildman–Crippen MR) is 44.3 cm³/mol. The van der Waals surface area contributed by atoms with Crippen LogP contribution in [0.1, 0.15) is 32.1 Å². The molecule has 64 valence electrons. The maximum absolute atomic E-state index is 5.98. The molecule has 0 amide bonds. The van der Waals surface area contributed by atoms with Crippen molar-refractivity contribution in [1.29, 1.82) is 0 Å². The average Bonchev–Trinajstić information content (AvgIpc) is 2.68. The molecule has 2 nitrogen and oxygen atoms in total. The van der Waals surface area contributed by atoms with Crippen molar-refractivity contribution in [3.8, 4) is 0 Å². The molecule has 0 aromatic heterocycles. The van der Waals surface area contributed by atoms with Gasteiger partial charge in [-0.25, -0.2) is 0 Å². The summed E-state index contributed by atoms with van der Waals surface area (Å²) in [5.41, 5.74) is 6.05. The van der Waals surface area contributed by atoms with Gasteiger partial charge in [-0.1, -0.05) is 0 Å². The second kappa shape index (κ2) is 2.76. The van der Waals surface area contributed by atoms with Crippen molar-refractivity contribution in [3.63, 3.8) is 0 Å². The normalized spacial score (nSPS) is 28.1. The van der Waals surface area contributed by atoms with Crippen molar-refractivity contribution in [3.05, 3.63) is 0 Å². The van der Waals surface area contributed by atoms with Crippen LogP contribution in [0.15, 0.2) is 0 Å². The maximum atomic E-state index is 5.98. The zero-order chi connectivity index (χ0) is 7.73. The molecule has 0 aromatic rings. The minimum absolute atomic E-state index is 0.0644. The number of hydrogen-bond donors (Lipinski definition) is 1. The van der Waals surface area contributed by atoms with E-state index in [1.807, 2.05) is 0 Å². The lowest BCUT2D eigenvalue weighted by molar-refractivity contribution is 0.0445. The molecule has 2 rings (SSSR count). The van der Waals surface area contributed by atoms with E-state index in [9.17, 15) is 0 Å². The van der Waals surface area contributed by atoms with Gasteiger partial charge < -0.3 is 10.5 Å². The molecule has 0 saturated heterocycles. The van der Waals surface area contributed by atoms with Gasteiger partial charge in [0.2, 0.25) is 0 Å². The summed E-state index contributed by atoms with van der Waals surface area (Å²) in [4.78, 5) is 0. The van der Waals surface area contributed by atoms with Gasteiger partial charge in [-0.15, -0.1) is 0 Å². The molecule has 2 aliphatic rings. The number of hydrogen-bond acceptors (Lipinski definition) is 2. The summed E-state index contributed by atoms with van der Waals surface area (Å²) < 4.78 is 5.54. The fourth-order valence-corrected chi connectivity index (χ4v) is 1.49. The molecule has 0 atom stereocenters. The lowest BCUT2D eigenvalue weighted by Gasteiger charge is -2.37. The van der Waals surface area contributed by atoms with Gasteiger partial charge in [0.25, 0.3) is 0 Å². The van der Waals surface area contributed by atoms with Crippen molar-refractivity contribution in [2.75, 3.05) is 13.2 Å². The van der Waals surface area contributed by atoms with Crippen molar-refractivity contribution in [2.45, 2.75) is 37.6 Å². The molecule has 2 aliphatic carbocycles. The van der Waals surface area contributed by atoms with Crippen LogP contribution in [0.4, 0.5) is 0 Å². The molecular weight excluding hydrogens is 138 g/mol. The van der Waals surface area contributed by atoms with Crippen LogP contribution in [0.5, 0.6) is 0 Å². The minimum atomic E-state index is 0.0644. The second-order valence-electron chi connectivity index (χ2n) is 4.17. The summed E-state index contributed by atoms with van der Waals surface area (Å²) in [5.74, 6) is 0.874. The Labute approximate surface area is 68.1 Å². The van der Waals surface area contributed by atoms with Crippen LogP contribution in [0, 0.1) is 5.92 Å². The van der Waals surface area contributed by atoms with E-state index in [1.165, 1.54) is 19.3 Å². The van der Waals surface area contributed by atoms with Crippen LogP contribution in [0.2, 0.25) is 0 Å². The molecule has 0 unspecified atom stereocenters. The molecule has 0 bridgehead atoms. The van der Waals surface area contributed by atoms with Crippen LogP contribution < -0.4 is 5.73 Å². The van der Waals surface area contributed by atoms with Gasteiger partial charge in [0.05, 0.1) is 6.61 Å². The summed E-state index contributed by atoms with van der Waals surface area (Å²) >= 11 is 0. The number of nitrogens with two attached hydrogens (primary N) is 1. The topological polar surface area (TPSA) is 35.2 Å². The molecule has 2 N–H and O–H groups in total. The minimum Gasteiger partial charge on any atom is -0.379 e. The van der Waals surface area contributed by atoms with E-state index in [0.717, 1.165) is 32.0 Å². The maximum Gasteiger partial charge on any atom is 0.0646 e. The van der Waals surface area contributed by atoms with Crippen molar-refractivity contribution in [2.24, 2.45) is 11.7 Å². The third-order valence-corrected chi connectivity index (χ3v) is 2.79. The van der Waals surface area contributed by atoms with Crippen molar-refractivity contribution >= 4 is 0 Å². The van der Waals surface area contributed by atoms with Crippen molar-refractivity contribution in [1.82, 2.24) is 0 Å². The summed E-state index contributed by atoms with van der Waals surface area (Å²) in [5, 5.41) is 0. The predicted octanol–water partition coefficient (Wildman–Crippen LogP) is 1.29. The Morgan fingerprint density at radius 3 is 2.55 bits per heavy atom. The molecule has 2 heteroatoms. The van der Waals surface area contributed by atoms with E-state index < -0.39 is 0 Å². The van der Waals surface area contributed by atoms with E-state index >= 15 is 0 Å². The van der Waals surface area contributed by atoms with E-state index in [1.54, 1.807) is 0 Å². The molecule has 0 radical (unpaired) electrons. The molecule has 0 aliphatic heterocycles. The molecule has 0 aromatic carbocycles. The third kappa shape index (κ3) is 1.94. The van der Waals surface area contributed by atoms with E-state index in [4.69, 9.17) is 10.5 Å². The highest BCUT2D eigenvalue weighted by Gasteiger charge is 2.33. The summed E-state index contributed by atoms with van der Waals surface area (Å²) in [6.45, 7) is 1.75. The highest BCUT2D eigenvalue weighted by Crippen LogP contribution is 2.32. The van der Waals surface area contributed by atoms with Crippen molar-refractivity contribution < 1.29 is 4.74 Å². The lowest BCUT2D eigenvalue weighted by Crippen LogP contribution is -2.50. The number of ether oxygens (including phenoxy) is 1.